The van der Waals surface area contributed by atoms with Crippen molar-refractivity contribution in [3.63, 3.8) is 0 Å². The Bertz CT molecular complexity index is 320. The average molecular weight is 216 g/mol. The fourth-order valence-corrected chi connectivity index (χ4v) is 1.34. The molecule has 1 heterocycles. The van der Waals surface area contributed by atoms with Gasteiger partial charge in [-0.25, -0.2) is 4.98 Å². The molecule has 1 aromatic rings. The normalized spacial score (nSPS) is 12.2. The summed E-state index contributed by atoms with van der Waals surface area (Å²) in [6.07, 6.45) is 0. The van der Waals surface area contributed by atoms with Gasteiger partial charge in [0.15, 0.2) is 0 Å². The van der Waals surface area contributed by atoms with Crippen LogP contribution in [0.5, 0.6) is 11.6 Å². The Morgan fingerprint density at radius 1 is 1.43 bits per heavy atom. The molecule has 0 aliphatic carbocycles. The topological polar surface area (TPSA) is 71.5 Å². The zero-order chi connectivity index (χ0) is 10.6. The van der Waals surface area contributed by atoms with Gasteiger partial charge in [0.1, 0.15) is 5.75 Å². The molecule has 0 aromatic carbocycles. The van der Waals surface area contributed by atoms with Crippen molar-refractivity contribution in [2.24, 2.45) is 0 Å². The van der Waals surface area contributed by atoms with Gasteiger partial charge in [-0.15, -0.1) is 0 Å². The first-order valence-corrected chi connectivity index (χ1v) is 5.05. The molecule has 1 aromatic heterocycles. The van der Waals surface area contributed by atoms with Crippen LogP contribution in [0.15, 0.2) is 12.1 Å². The van der Waals surface area contributed by atoms with Gasteiger partial charge in [0.25, 0.3) is 0 Å². The van der Waals surface area contributed by atoms with Gasteiger partial charge >= 0.3 is 0 Å². The summed E-state index contributed by atoms with van der Waals surface area (Å²) in [6.45, 7) is 0. The minimum atomic E-state index is -2.16. The molecule has 6 heteroatoms. The highest BCUT2D eigenvalue weighted by Crippen LogP contribution is 2.19. The molecule has 78 valence electrons. The minimum absolute atomic E-state index is 0.145. The van der Waals surface area contributed by atoms with E-state index in [4.69, 9.17) is 9.47 Å². The van der Waals surface area contributed by atoms with Crippen molar-refractivity contribution in [1.82, 2.24) is 4.98 Å². The second kappa shape index (κ2) is 4.92. The first-order valence-electron chi connectivity index (χ1n) is 3.80. The SMILES string of the molecule is COc1cc(CS(=O)[O-])nc(OC)c1. The lowest BCUT2D eigenvalue weighted by atomic mass is 10.3. The monoisotopic (exact) mass is 216 g/mol. The molecule has 1 rings (SSSR count). The van der Waals surface area contributed by atoms with Gasteiger partial charge in [-0.05, 0) is 11.1 Å². The van der Waals surface area contributed by atoms with Crippen LogP contribution in [0.1, 0.15) is 5.69 Å². The second-order valence-electron chi connectivity index (χ2n) is 2.49. The number of pyridine rings is 1. The highest BCUT2D eigenvalue weighted by atomic mass is 32.2. The Morgan fingerprint density at radius 3 is 2.64 bits per heavy atom. The van der Waals surface area contributed by atoms with Crippen LogP contribution in [0.2, 0.25) is 0 Å². The first-order chi connectivity index (χ1) is 6.65. The molecule has 0 aliphatic heterocycles. The van der Waals surface area contributed by atoms with E-state index in [0.717, 1.165) is 0 Å². The van der Waals surface area contributed by atoms with Crippen molar-refractivity contribution in [2.75, 3.05) is 14.2 Å². The van der Waals surface area contributed by atoms with Crippen molar-refractivity contribution in [1.29, 1.82) is 0 Å². The fourth-order valence-electron chi connectivity index (χ4n) is 0.951. The van der Waals surface area contributed by atoms with E-state index < -0.39 is 11.1 Å². The highest BCUT2D eigenvalue weighted by molar-refractivity contribution is 7.78. The molecule has 0 radical (unpaired) electrons. The van der Waals surface area contributed by atoms with Crippen LogP contribution >= 0.6 is 0 Å². The van der Waals surface area contributed by atoms with Crippen molar-refractivity contribution in [3.8, 4) is 11.6 Å². The number of rotatable bonds is 4. The summed E-state index contributed by atoms with van der Waals surface area (Å²) < 4.78 is 30.7. The van der Waals surface area contributed by atoms with Crippen molar-refractivity contribution in [3.05, 3.63) is 17.8 Å². The molecule has 0 fully saturated rings. The summed E-state index contributed by atoms with van der Waals surface area (Å²) in [5.74, 6) is 0.718. The van der Waals surface area contributed by atoms with Gasteiger partial charge in [0.05, 0.1) is 25.7 Å². The molecule has 5 nitrogen and oxygen atoms in total. The molecular formula is C8H10NO4S-. The van der Waals surface area contributed by atoms with Gasteiger partial charge in [-0.1, -0.05) is 0 Å². The summed E-state index contributed by atoms with van der Waals surface area (Å²) in [5.41, 5.74) is 0.398. The van der Waals surface area contributed by atoms with Crippen LogP contribution in [0.3, 0.4) is 0 Å². The smallest absolute Gasteiger partial charge is 0.216 e. The fraction of sp³-hybridized carbons (Fsp3) is 0.375. The highest BCUT2D eigenvalue weighted by Gasteiger charge is 2.03. The van der Waals surface area contributed by atoms with E-state index in [0.29, 0.717) is 17.3 Å². The lowest BCUT2D eigenvalue weighted by molar-refractivity contribution is 0.381. The van der Waals surface area contributed by atoms with Crippen LogP contribution < -0.4 is 9.47 Å². The Kier molecular flexibility index (Phi) is 3.84. The summed E-state index contributed by atoms with van der Waals surface area (Å²) in [7, 11) is 2.95. The minimum Gasteiger partial charge on any atom is -0.772 e. The third kappa shape index (κ3) is 2.97. The van der Waals surface area contributed by atoms with Crippen molar-refractivity contribution in [2.45, 2.75) is 5.75 Å². The standard InChI is InChI=1S/C8H11NO4S/c1-12-7-3-6(5-14(10)11)9-8(4-7)13-2/h3-4H,5H2,1-2H3,(H,10,11)/p-1. The van der Waals surface area contributed by atoms with Crippen molar-refractivity contribution < 1.29 is 18.2 Å². The van der Waals surface area contributed by atoms with Crippen molar-refractivity contribution >= 4 is 11.1 Å². The lowest BCUT2D eigenvalue weighted by Gasteiger charge is -2.08. The van der Waals surface area contributed by atoms with E-state index in [1.807, 2.05) is 0 Å². The maximum Gasteiger partial charge on any atom is 0.216 e. The van der Waals surface area contributed by atoms with Crippen LogP contribution in [-0.4, -0.2) is 28.0 Å². The number of ether oxygens (including phenoxy) is 2. The number of hydrogen-bond acceptors (Lipinski definition) is 5. The summed E-state index contributed by atoms with van der Waals surface area (Å²) in [5, 5.41) is 0. The maximum atomic E-state index is 10.4. The van der Waals surface area contributed by atoms with E-state index >= 15 is 0 Å². The van der Waals surface area contributed by atoms with Gasteiger partial charge < -0.3 is 14.0 Å². The first kappa shape index (κ1) is 10.9. The molecule has 0 N–H and O–H groups in total. The van der Waals surface area contributed by atoms with E-state index in [9.17, 15) is 8.76 Å². The molecule has 1 atom stereocenters. The van der Waals surface area contributed by atoms with Crippen LogP contribution in [0.4, 0.5) is 0 Å². The van der Waals surface area contributed by atoms with Gasteiger partial charge in [-0.2, -0.15) is 0 Å². The molecule has 0 saturated carbocycles. The third-order valence-corrected chi connectivity index (χ3v) is 2.07. The predicted molar refractivity (Wildman–Crippen MR) is 50.0 cm³/mol. The molecule has 14 heavy (non-hydrogen) atoms. The van der Waals surface area contributed by atoms with E-state index in [-0.39, 0.29) is 5.75 Å². The molecule has 0 amide bonds. The second-order valence-corrected chi connectivity index (χ2v) is 3.38. The molecular weight excluding hydrogens is 206 g/mol. The third-order valence-electron chi connectivity index (χ3n) is 1.54. The van der Waals surface area contributed by atoms with Crippen LogP contribution in [-0.2, 0) is 16.8 Å². The van der Waals surface area contributed by atoms with E-state index in [1.165, 1.54) is 14.2 Å². The van der Waals surface area contributed by atoms with E-state index in [1.54, 1.807) is 12.1 Å². The lowest BCUT2D eigenvalue weighted by Crippen LogP contribution is -1.99. The Hall–Kier alpha value is -1.14. The molecule has 0 bridgehead atoms. The maximum absolute atomic E-state index is 10.4. The zero-order valence-corrected chi connectivity index (χ0v) is 8.67. The average Bonchev–Trinajstić information content (AvgIpc) is 2.16. The molecule has 0 saturated heterocycles. The summed E-state index contributed by atoms with van der Waals surface area (Å²) in [4.78, 5) is 3.94. The quantitative estimate of drug-likeness (QED) is 0.684. The van der Waals surface area contributed by atoms with Gasteiger partial charge in [0.2, 0.25) is 5.88 Å². The molecule has 0 spiro atoms. The number of hydrogen-bond donors (Lipinski definition) is 0. The Labute approximate surface area is 84.4 Å². The Balaban J connectivity index is 2.98. The number of nitrogens with zero attached hydrogens (tertiary/aromatic N) is 1. The zero-order valence-electron chi connectivity index (χ0n) is 7.85. The van der Waals surface area contributed by atoms with Crippen LogP contribution in [0, 0.1) is 0 Å². The van der Waals surface area contributed by atoms with Gasteiger partial charge in [-0.3, -0.25) is 4.21 Å². The predicted octanol–water partition coefficient (Wildman–Crippen LogP) is 0.478. The molecule has 1 unspecified atom stereocenters. The number of aromatic nitrogens is 1. The summed E-state index contributed by atoms with van der Waals surface area (Å²) in [6, 6.07) is 3.13. The van der Waals surface area contributed by atoms with Gasteiger partial charge in [0, 0.05) is 12.1 Å². The van der Waals surface area contributed by atoms with E-state index in [2.05, 4.69) is 4.98 Å². The largest absolute Gasteiger partial charge is 0.772 e. The summed E-state index contributed by atoms with van der Waals surface area (Å²) >= 11 is -2.16. The number of methoxy groups -OCH3 is 2. The Morgan fingerprint density at radius 2 is 2.14 bits per heavy atom. The molecule has 0 aliphatic rings. The van der Waals surface area contributed by atoms with Crippen LogP contribution in [0.25, 0.3) is 0 Å².